The van der Waals surface area contributed by atoms with Gasteiger partial charge in [0.15, 0.2) is 0 Å². The number of nitro benzene ring substituents is 1. The molecule has 2 aromatic heterocycles. The Morgan fingerprint density at radius 2 is 1.88 bits per heavy atom. The minimum absolute atomic E-state index is 0.118. The van der Waals surface area contributed by atoms with Crippen LogP contribution in [0.3, 0.4) is 0 Å². The van der Waals surface area contributed by atoms with E-state index >= 15 is 0 Å². The second kappa shape index (κ2) is 8.28. The summed E-state index contributed by atoms with van der Waals surface area (Å²) in [7, 11) is 1.30. The molecule has 168 valence electrons. The van der Waals surface area contributed by atoms with E-state index in [0.29, 0.717) is 34.4 Å². The van der Waals surface area contributed by atoms with E-state index in [4.69, 9.17) is 9.15 Å². The lowest BCUT2D eigenvalue weighted by Crippen LogP contribution is -2.09. The number of aromatic nitrogens is 2. The summed E-state index contributed by atoms with van der Waals surface area (Å²) in [5.74, 6) is -0.179. The largest absolute Gasteiger partial charge is 0.465 e. The number of nitrogens with zero attached hydrogens (tertiary/aromatic N) is 3. The average Bonchev–Trinajstić information content (AvgIpc) is 3.20. The summed E-state index contributed by atoms with van der Waals surface area (Å²) in [6, 6.07) is 20.2. The molecule has 0 radical (unpaired) electrons. The van der Waals surface area contributed by atoms with Crippen LogP contribution in [0.5, 0.6) is 0 Å². The number of esters is 1. The summed E-state index contributed by atoms with van der Waals surface area (Å²) in [5.41, 5.74) is 2.13. The summed E-state index contributed by atoms with van der Waals surface area (Å²) in [6.07, 6.45) is 0. The normalized spacial score (nSPS) is 11.1. The molecule has 0 unspecified atom stereocenters. The summed E-state index contributed by atoms with van der Waals surface area (Å²) >= 11 is 0. The molecule has 0 aliphatic rings. The summed E-state index contributed by atoms with van der Waals surface area (Å²) < 4.78 is 12.1. The maximum absolute atomic E-state index is 12.9. The summed E-state index contributed by atoms with van der Waals surface area (Å²) in [5, 5.41) is 11.6. The first-order valence-electron chi connectivity index (χ1n) is 10.3. The zero-order valence-electron chi connectivity index (χ0n) is 17.9. The van der Waals surface area contributed by atoms with Crippen LogP contribution in [0, 0.1) is 10.1 Å². The van der Waals surface area contributed by atoms with Crippen LogP contribution in [-0.4, -0.2) is 27.6 Å². The van der Waals surface area contributed by atoms with E-state index in [-0.39, 0.29) is 16.8 Å². The van der Waals surface area contributed by atoms with Crippen molar-refractivity contribution in [3.05, 3.63) is 104 Å². The highest BCUT2D eigenvalue weighted by molar-refractivity contribution is 5.94. The molecule has 2 heterocycles. The molecule has 0 saturated heterocycles. The maximum atomic E-state index is 12.9. The summed E-state index contributed by atoms with van der Waals surface area (Å²) in [4.78, 5) is 40.3. The zero-order valence-corrected chi connectivity index (χ0v) is 17.9. The van der Waals surface area contributed by atoms with Crippen LogP contribution in [0.15, 0.2) is 82.0 Å². The summed E-state index contributed by atoms with van der Waals surface area (Å²) in [6.45, 7) is 0.399. The number of ether oxygens (including phenoxy) is 1. The molecule has 0 bridgehead atoms. The van der Waals surface area contributed by atoms with E-state index in [0.717, 1.165) is 5.56 Å². The Morgan fingerprint density at radius 3 is 2.62 bits per heavy atom. The minimum Gasteiger partial charge on any atom is -0.465 e. The van der Waals surface area contributed by atoms with Crippen molar-refractivity contribution in [2.45, 2.75) is 6.54 Å². The lowest BCUT2D eigenvalue weighted by atomic mass is 10.1. The molecule has 0 fully saturated rings. The first-order chi connectivity index (χ1) is 16.4. The molecule has 0 aliphatic carbocycles. The number of fused-ring (bicyclic) bond motifs is 2. The molecule has 0 N–H and O–H groups in total. The van der Waals surface area contributed by atoms with Gasteiger partial charge in [0.1, 0.15) is 17.0 Å². The van der Waals surface area contributed by atoms with Crippen LogP contribution in [-0.2, 0) is 11.3 Å². The maximum Gasteiger partial charge on any atom is 0.347 e. The molecule has 0 amide bonds. The van der Waals surface area contributed by atoms with Crippen LogP contribution in [0.1, 0.15) is 15.9 Å². The fourth-order valence-corrected chi connectivity index (χ4v) is 3.89. The molecule has 3 aromatic carbocycles. The SMILES string of the molecule is COC(=O)c1ccc2c(c1)nc(-c1cc3cc([N+](=O)[O-])ccc3oc1=O)n2Cc1ccccc1. The van der Waals surface area contributed by atoms with E-state index in [9.17, 15) is 19.7 Å². The van der Waals surface area contributed by atoms with Crippen molar-refractivity contribution in [1.29, 1.82) is 0 Å². The Morgan fingerprint density at radius 1 is 1.09 bits per heavy atom. The van der Waals surface area contributed by atoms with Crippen LogP contribution in [0.2, 0.25) is 0 Å². The van der Waals surface area contributed by atoms with E-state index in [1.54, 1.807) is 18.2 Å². The molecule has 0 spiro atoms. The first-order valence-corrected chi connectivity index (χ1v) is 10.3. The predicted octanol–water partition coefficient (Wildman–Crippen LogP) is 4.55. The van der Waals surface area contributed by atoms with E-state index in [1.165, 1.54) is 31.4 Å². The lowest BCUT2D eigenvalue weighted by Gasteiger charge is -2.10. The molecule has 0 atom stereocenters. The number of methoxy groups -OCH3 is 1. The van der Waals surface area contributed by atoms with Crippen LogP contribution in [0.25, 0.3) is 33.4 Å². The highest BCUT2D eigenvalue weighted by Gasteiger charge is 2.20. The molecule has 0 saturated carbocycles. The standard InChI is InChI=1S/C25H17N3O6/c1-33-24(29)16-7-9-21-20(13-16)26-23(27(21)14-15-5-3-2-4-6-15)19-12-17-11-18(28(31)32)8-10-22(17)34-25(19)30/h2-13H,14H2,1H3. The van der Waals surface area contributed by atoms with Crippen molar-refractivity contribution in [3.8, 4) is 11.4 Å². The molecular weight excluding hydrogens is 438 g/mol. The molecular formula is C25H17N3O6. The van der Waals surface area contributed by atoms with Crippen LogP contribution in [0.4, 0.5) is 5.69 Å². The van der Waals surface area contributed by atoms with Gasteiger partial charge in [0.05, 0.1) is 28.6 Å². The van der Waals surface area contributed by atoms with Crippen LogP contribution >= 0.6 is 0 Å². The average molecular weight is 455 g/mol. The van der Waals surface area contributed by atoms with Crippen molar-refractivity contribution in [3.63, 3.8) is 0 Å². The zero-order chi connectivity index (χ0) is 23.8. The number of imidazole rings is 1. The number of non-ortho nitro benzene ring substituents is 1. The van der Waals surface area contributed by atoms with Gasteiger partial charge in [0, 0.05) is 24.1 Å². The fourth-order valence-electron chi connectivity index (χ4n) is 3.89. The number of rotatable bonds is 5. The van der Waals surface area contributed by atoms with Gasteiger partial charge in [0.2, 0.25) is 0 Å². The number of carbonyl (C=O) groups excluding carboxylic acids is 1. The predicted molar refractivity (Wildman–Crippen MR) is 125 cm³/mol. The highest BCUT2D eigenvalue weighted by Crippen LogP contribution is 2.28. The topological polar surface area (TPSA) is 117 Å². The fraction of sp³-hybridized carbons (Fsp3) is 0.0800. The van der Waals surface area contributed by atoms with Crippen molar-refractivity contribution in [2.75, 3.05) is 7.11 Å². The van der Waals surface area contributed by atoms with E-state index < -0.39 is 16.5 Å². The Bertz CT molecular complexity index is 1640. The lowest BCUT2D eigenvalue weighted by molar-refractivity contribution is -0.384. The third-order valence-electron chi connectivity index (χ3n) is 5.52. The molecule has 5 aromatic rings. The second-order valence-corrected chi connectivity index (χ2v) is 7.63. The van der Waals surface area contributed by atoms with Gasteiger partial charge in [0.25, 0.3) is 5.69 Å². The van der Waals surface area contributed by atoms with E-state index in [1.807, 2.05) is 34.9 Å². The quantitative estimate of drug-likeness (QED) is 0.165. The third kappa shape index (κ3) is 3.69. The molecule has 9 nitrogen and oxygen atoms in total. The van der Waals surface area contributed by atoms with E-state index in [2.05, 4.69) is 4.98 Å². The third-order valence-corrected chi connectivity index (χ3v) is 5.52. The first kappa shape index (κ1) is 21.1. The van der Waals surface area contributed by atoms with Gasteiger partial charge in [-0.1, -0.05) is 30.3 Å². The van der Waals surface area contributed by atoms with Gasteiger partial charge in [-0.05, 0) is 35.9 Å². The van der Waals surface area contributed by atoms with Crippen molar-refractivity contribution in [1.82, 2.24) is 9.55 Å². The molecule has 5 rings (SSSR count). The minimum atomic E-state index is -0.626. The second-order valence-electron chi connectivity index (χ2n) is 7.63. The number of nitro groups is 1. The van der Waals surface area contributed by atoms with Gasteiger partial charge >= 0.3 is 11.6 Å². The Hall–Kier alpha value is -4.79. The highest BCUT2D eigenvalue weighted by atomic mass is 16.6. The number of carbonyl (C=O) groups is 1. The molecule has 9 heteroatoms. The van der Waals surface area contributed by atoms with Crippen molar-refractivity contribution in [2.24, 2.45) is 0 Å². The van der Waals surface area contributed by atoms with Gasteiger partial charge < -0.3 is 13.7 Å². The molecule has 34 heavy (non-hydrogen) atoms. The monoisotopic (exact) mass is 455 g/mol. The van der Waals surface area contributed by atoms with Crippen LogP contribution < -0.4 is 5.63 Å². The number of hydrogen-bond acceptors (Lipinski definition) is 7. The van der Waals surface area contributed by atoms with Crippen molar-refractivity contribution >= 4 is 33.7 Å². The number of benzene rings is 3. The van der Waals surface area contributed by atoms with Gasteiger partial charge in [-0.3, -0.25) is 10.1 Å². The van der Waals surface area contributed by atoms with Gasteiger partial charge in [-0.25, -0.2) is 14.6 Å². The Balaban J connectivity index is 1.75. The van der Waals surface area contributed by atoms with Gasteiger partial charge in [-0.2, -0.15) is 0 Å². The van der Waals surface area contributed by atoms with Crippen molar-refractivity contribution < 1.29 is 18.9 Å². The molecule has 0 aliphatic heterocycles. The smallest absolute Gasteiger partial charge is 0.347 e. The van der Waals surface area contributed by atoms with Gasteiger partial charge in [-0.15, -0.1) is 0 Å². The Kier molecular flexibility index (Phi) is 5.14. The Labute approximate surface area is 192 Å². The number of hydrogen-bond donors (Lipinski definition) is 0.